The molecule has 0 radical (unpaired) electrons. The predicted octanol–water partition coefficient (Wildman–Crippen LogP) is 2.83. The van der Waals surface area contributed by atoms with Crippen LogP contribution in [0.5, 0.6) is 0 Å². The molecular weight excluding hydrogens is 160 g/mol. The van der Waals surface area contributed by atoms with Gasteiger partial charge in [0.1, 0.15) is 0 Å². The summed E-state index contributed by atoms with van der Waals surface area (Å²) >= 11 is 0. The van der Waals surface area contributed by atoms with Gasteiger partial charge in [-0.05, 0) is 40.0 Å². The van der Waals surface area contributed by atoms with E-state index in [1.807, 2.05) is 6.92 Å². The van der Waals surface area contributed by atoms with Crippen LogP contribution < -0.4 is 0 Å². The lowest BCUT2D eigenvalue weighted by atomic mass is 9.94. The van der Waals surface area contributed by atoms with E-state index in [2.05, 4.69) is 39.5 Å². The molecule has 0 saturated heterocycles. The molecule has 13 heavy (non-hydrogen) atoms. The first-order chi connectivity index (χ1) is 5.87. The van der Waals surface area contributed by atoms with Crippen LogP contribution in [0.25, 0.3) is 0 Å². The lowest BCUT2D eigenvalue weighted by Crippen LogP contribution is -2.15. The third-order valence-corrected chi connectivity index (χ3v) is 2.03. The highest BCUT2D eigenvalue weighted by atomic mass is 16.3. The first kappa shape index (κ1) is 12.5. The van der Waals surface area contributed by atoms with Gasteiger partial charge >= 0.3 is 0 Å². The van der Waals surface area contributed by atoms with Gasteiger partial charge in [-0.25, -0.2) is 0 Å². The Labute approximate surface area is 82.5 Å². The minimum atomic E-state index is -0.237. The number of aliphatic hydroxyl groups is 1. The van der Waals surface area contributed by atoms with Crippen molar-refractivity contribution < 1.29 is 5.11 Å². The predicted molar refractivity (Wildman–Crippen MR) is 57.3 cm³/mol. The summed E-state index contributed by atoms with van der Waals surface area (Å²) in [5.41, 5.74) is 0.0803. The minimum Gasteiger partial charge on any atom is -0.393 e. The van der Waals surface area contributed by atoms with Crippen LogP contribution in [-0.4, -0.2) is 11.2 Å². The Bertz CT molecular complexity index is 187. The average Bonchev–Trinajstić information content (AvgIpc) is 1.95. The molecule has 0 aliphatic carbocycles. The van der Waals surface area contributed by atoms with E-state index in [0.29, 0.717) is 5.92 Å². The molecule has 0 fully saturated rings. The Morgan fingerprint density at radius 1 is 1.31 bits per heavy atom. The van der Waals surface area contributed by atoms with Crippen LogP contribution in [0.4, 0.5) is 0 Å². The zero-order valence-electron chi connectivity index (χ0n) is 9.52. The van der Waals surface area contributed by atoms with Gasteiger partial charge in [-0.3, -0.25) is 0 Å². The van der Waals surface area contributed by atoms with Crippen molar-refractivity contribution >= 4 is 0 Å². The fourth-order valence-electron chi connectivity index (χ4n) is 1.10. The van der Waals surface area contributed by atoms with Crippen molar-refractivity contribution in [1.29, 1.82) is 0 Å². The molecule has 1 heteroatoms. The van der Waals surface area contributed by atoms with Crippen LogP contribution in [0.1, 0.15) is 47.5 Å². The highest BCUT2D eigenvalue weighted by Gasteiger charge is 2.11. The van der Waals surface area contributed by atoms with Crippen molar-refractivity contribution in [3.8, 4) is 11.8 Å². The smallest absolute Gasteiger partial charge is 0.0549 e. The highest BCUT2D eigenvalue weighted by molar-refractivity contribution is 5.07. The van der Waals surface area contributed by atoms with Gasteiger partial charge in [-0.2, -0.15) is 0 Å². The zero-order valence-corrected chi connectivity index (χ0v) is 9.52. The molecule has 0 bridgehead atoms. The van der Waals surface area contributed by atoms with Crippen LogP contribution in [0, 0.1) is 23.2 Å². The third kappa shape index (κ3) is 6.66. The first-order valence-corrected chi connectivity index (χ1v) is 5.05. The second-order valence-corrected chi connectivity index (χ2v) is 4.66. The summed E-state index contributed by atoms with van der Waals surface area (Å²) < 4.78 is 0. The van der Waals surface area contributed by atoms with Crippen LogP contribution in [-0.2, 0) is 0 Å². The van der Waals surface area contributed by atoms with Gasteiger partial charge in [-0.15, -0.1) is 5.92 Å². The molecule has 0 heterocycles. The van der Waals surface area contributed by atoms with Crippen molar-refractivity contribution in [2.45, 2.75) is 53.6 Å². The molecule has 2 atom stereocenters. The quantitative estimate of drug-likeness (QED) is 0.665. The molecule has 1 N–H and O–H groups in total. The zero-order chi connectivity index (χ0) is 10.5. The van der Waals surface area contributed by atoms with Crippen LogP contribution in [0.15, 0.2) is 0 Å². The van der Waals surface area contributed by atoms with Crippen LogP contribution in [0.3, 0.4) is 0 Å². The van der Waals surface area contributed by atoms with Crippen LogP contribution >= 0.6 is 0 Å². The summed E-state index contributed by atoms with van der Waals surface area (Å²) in [5.74, 6) is 6.66. The van der Waals surface area contributed by atoms with E-state index in [1.54, 1.807) is 0 Å². The van der Waals surface area contributed by atoms with E-state index in [9.17, 15) is 5.11 Å². The van der Waals surface area contributed by atoms with Gasteiger partial charge in [0.25, 0.3) is 0 Å². The maximum atomic E-state index is 9.37. The molecule has 0 amide bonds. The standard InChI is InChI=1S/C12H22O/c1-6-11(10(2)13)8-7-9-12(3,4)5/h10-11,13H,6,8H2,1-5H3. The monoisotopic (exact) mass is 182 g/mol. The molecule has 0 aliphatic heterocycles. The highest BCUT2D eigenvalue weighted by Crippen LogP contribution is 2.14. The molecule has 0 spiro atoms. The summed E-state index contributed by atoms with van der Waals surface area (Å²) in [6.45, 7) is 10.2. The Balaban J connectivity index is 4.03. The van der Waals surface area contributed by atoms with Gasteiger partial charge in [0.05, 0.1) is 6.10 Å². The fourth-order valence-corrected chi connectivity index (χ4v) is 1.10. The van der Waals surface area contributed by atoms with E-state index < -0.39 is 0 Å². The Morgan fingerprint density at radius 2 is 1.85 bits per heavy atom. The maximum absolute atomic E-state index is 9.37. The second kappa shape index (κ2) is 5.29. The van der Waals surface area contributed by atoms with Crippen molar-refractivity contribution in [3.05, 3.63) is 0 Å². The SMILES string of the molecule is CCC(CC#CC(C)(C)C)C(C)O. The molecule has 1 nitrogen and oxygen atoms in total. The number of hydrogen-bond acceptors (Lipinski definition) is 1. The topological polar surface area (TPSA) is 20.2 Å². The summed E-state index contributed by atoms with van der Waals surface area (Å²) in [5, 5.41) is 9.37. The summed E-state index contributed by atoms with van der Waals surface area (Å²) in [6, 6.07) is 0. The van der Waals surface area contributed by atoms with Crippen molar-refractivity contribution in [2.75, 3.05) is 0 Å². The molecule has 76 valence electrons. The molecular formula is C12H22O. The van der Waals surface area contributed by atoms with Gasteiger partial charge < -0.3 is 5.11 Å². The molecule has 0 aromatic heterocycles. The lowest BCUT2D eigenvalue weighted by Gasteiger charge is -2.15. The van der Waals surface area contributed by atoms with Gasteiger partial charge in [-0.1, -0.05) is 12.8 Å². The van der Waals surface area contributed by atoms with Crippen molar-refractivity contribution in [3.63, 3.8) is 0 Å². The average molecular weight is 182 g/mol. The lowest BCUT2D eigenvalue weighted by molar-refractivity contribution is 0.125. The van der Waals surface area contributed by atoms with E-state index >= 15 is 0 Å². The Morgan fingerprint density at radius 3 is 2.15 bits per heavy atom. The molecule has 0 aromatic carbocycles. The number of hydrogen-bond donors (Lipinski definition) is 1. The Hall–Kier alpha value is -0.480. The van der Waals surface area contributed by atoms with E-state index in [-0.39, 0.29) is 11.5 Å². The summed E-state index contributed by atoms with van der Waals surface area (Å²) in [6.07, 6.45) is 1.57. The van der Waals surface area contributed by atoms with Gasteiger partial charge in [0.15, 0.2) is 0 Å². The Kier molecular flexibility index (Phi) is 5.10. The molecule has 0 aliphatic rings. The van der Waals surface area contributed by atoms with E-state index in [0.717, 1.165) is 12.8 Å². The third-order valence-electron chi connectivity index (χ3n) is 2.03. The largest absolute Gasteiger partial charge is 0.393 e. The van der Waals surface area contributed by atoms with Gasteiger partial charge in [0.2, 0.25) is 0 Å². The summed E-state index contributed by atoms with van der Waals surface area (Å²) in [7, 11) is 0. The molecule has 0 aromatic rings. The number of rotatable bonds is 3. The maximum Gasteiger partial charge on any atom is 0.0549 e. The normalized spacial score (nSPS) is 15.8. The van der Waals surface area contributed by atoms with Crippen molar-refractivity contribution in [1.82, 2.24) is 0 Å². The van der Waals surface area contributed by atoms with Crippen molar-refractivity contribution in [2.24, 2.45) is 11.3 Å². The summed E-state index contributed by atoms with van der Waals surface area (Å²) in [4.78, 5) is 0. The van der Waals surface area contributed by atoms with Crippen LogP contribution in [0.2, 0.25) is 0 Å². The molecule has 0 rings (SSSR count). The van der Waals surface area contributed by atoms with Gasteiger partial charge in [0, 0.05) is 11.8 Å². The van der Waals surface area contributed by atoms with E-state index in [1.165, 1.54) is 0 Å². The van der Waals surface area contributed by atoms with E-state index in [4.69, 9.17) is 0 Å². The second-order valence-electron chi connectivity index (χ2n) is 4.66. The minimum absolute atomic E-state index is 0.0803. The first-order valence-electron chi connectivity index (χ1n) is 5.05. The molecule has 2 unspecified atom stereocenters. The fraction of sp³-hybridized carbons (Fsp3) is 0.833. The molecule has 0 saturated carbocycles. The number of aliphatic hydroxyl groups excluding tert-OH is 1.